The Morgan fingerprint density at radius 2 is 1.84 bits per heavy atom. The van der Waals surface area contributed by atoms with Crippen LogP contribution in [0.4, 0.5) is 11.4 Å². The molecule has 2 aromatic carbocycles. The summed E-state index contributed by atoms with van der Waals surface area (Å²) in [4.78, 5) is 12.5. The van der Waals surface area contributed by atoms with Gasteiger partial charge in [-0.3, -0.25) is 9.10 Å². The summed E-state index contributed by atoms with van der Waals surface area (Å²) in [5, 5.41) is 3.41. The van der Waals surface area contributed by atoms with Crippen molar-refractivity contribution in [1.29, 1.82) is 0 Å². The zero-order chi connectivity index (χ0) is 18.2. The van der Waals surface area contributed by atoms with Gasteiger partial charge in [0.1, 0.15) is 0 Å². The molecule has 132 valence electrons. The van der Waals surface area contributed by atoms with E-state index in [-0.39, 0.29) is 5.91 Å². The van der Waals surface area contributed by atoms with E-state index in [0.29, 0.717) is 39.9 Å². The highest BCUT2D eigenvalue weighted by molar-refractivity contribution is 7.92. The minimum atomic E-state index is -3.33. The molecule has 0 saturated heterocycles. The van der Waals surface area contributed by atoms with Crippen LogP contribution in [0.2, 0.25) is 10.0 Å². The Morgan fingerprint density at radius 3 is 2.48 bits per heavy atom. The summed E-state index contributed by atoms with van der Waals surface area (Å²) >= 11 is 12.1. The molecule has 0 radical (unpaired) electrons. The Balaban J connectivity index is 1.91. The number of amides is 1. The number of hydrogen-bond acceptors (Lipinski definition) is 3. The van der Waals surface area contributed by atoms with Gasteiger partial charge in [0.15, 0.2) is 0 Å². The number of anilines is 2. The molecule has 0 unspecified atom stereocenters. The molecule has 0 saturated carbocycles. The second-order valence-electron chi connectivity index (χ2n) is 5.83. The molecular weight excluding hydrogens is 383 g/mol. The summed E-state index contributed by atoms with van der Waals surface area (Å²) in [6.07, 6.45) is 2.61. The fourth-order valence-corrected chi connectivity index (χ4v) is 4.34. The molecule has 1 aliphatic heterocycles. The molecule has 0 aromatic heterocycles. The lowest BCUT2D eigenvalue weighted by Gasteiger charge is -2.29. The van der Waals surface area contributed by atoms with Gasteiger partial charge < -0.3 is 5.32 Å². The molecule has 1 aliphatic rings. The van der Waals surface area contributed by atoms with Gasteiger partial charge in [0.2, 0.25) is 10.0 Å². The zero-order valence-corrected chi connectivity index (χ0v) is 15.7. The van der Waals surface area contributed by atoms with Crippen molar-refractivity contribution in [3.63, 3.8) is 0 Å². The molecule has 0 bridgehead atoms. The van der Waals surface area contributed by atoms with Crippen molar-refractivity contribution in [3.05, 3.63) is 57.6 Å². The highest BCUT2D eigenvalue weighted by atomic mass is 35.5. The Bertz CT molecular complexity index is 925. The van der Waals surface area contributed by atoms with Crippen molar-refractivity contribution in [3.8, 4) is 0 Å². The first-order valence-corrected chi connectivity index (χ1v) is 10.2. The third-order valence-electron chi connectivity index (χ3n) is 4.02. The van der Waals surface area contributed by atoms with Crippen LogP contribution in [0.3, 0.4) is 0 Å². The molecule has 1 heterocycles. The van der Waals surface area contributed by atoms with Gasteiger partial charge >= 0.3 is 0 Å². The number of aryl methyl sites for hydroxylation is 1. The van der Waals surface area contributed by atoms with E-state index in [1.165, 1.54) is 10.6 Å². The fourth-order valence-electron chi connectivity index (χ4n) is 2.85. The van der Waals surface area contributed by atoms with Gasteiger partial charge in [-0.2, -0.15) is 0 Å². The monoisotopic (exact) mass is 398 g/mol. The highest BCUT2D eigenvalue weighted by Crippen LogP contribution is 2.32. The lowest BCUT2D eigenvalue weighted by Crippen LogP contribution is -2.34. The lowest BCUT2D eigenvalue weighted by molar-refractivity contribution is 0.102. The number of benzene rings is 2. The summed E-state index contributed by atoms with van der Waals surface area (Å²) in [6.45, 7) is 0.451. The van der Waals surface area contributed by atoms with E-state index in [1.54, 1.807) is 36.4 Å². The first kappa shape index (κ1) is 18.0. The lowest BCUT2D eigenvalue weighted by atomic mass is 10.0. The number of carbonyl (C=O) groups is 1. The van der Waals surface area contributed by atoms with Gasteiger partial charge in [0.05, 0.1) is 27.7 Å². The molecule has 0 fully saturated rings. The Kier molecular flexibility index (Phi) is 4.95. The molecule has 0 atom stereocenters. The average Bonchev–Trinajstić information content (AvgIpc) is 2.56. The van der Waals surface area contributed by atoms with Crippen molar-refractivity contribution >= 4 is 50.5 Å². The highest BCUT2D eigenvalue weighted by Gasteiger charge is 2.24. The summed E-state index contributed by atoms with van der Waals surface area (Å²) in [5.74, 6) is -0.353. The van der Waals surface area contributed by atoms with E-state index in [2.05, 4.69) is 5.32 Å². The number of rotatable bonds is 3. The summed E-state index contributed by atoms with van der Waals surface area (Å²) in [5.41, 5.74) is 2.23. The molecule has 25 heavy (non-hydrogen) atoms. The minimum Gasteiger partial charge on any atom is -0.319 e. The number of carbonyl (C=O) groups excluding carboxylic acids is 1. The summed E-state index contributed by atoms with van der Waals surface area (Å²) < 4.78 is 25.2. The van der Waals surface area contributed by atoms with Crippen molar-refractivity contribution in [1.82, 2.24) is 0 Å². The Morgan fingerprint density at radius 1 is 1.16 bits per heavy atom. The zero-order valence-electron chi connectivity index (χ0n) is 13.4. The quantitative estimate of drug-likeness (QED) is 0.850. The largest absolute Gasteiger partial charge is 0.319 e. The van der Waals surface area contributed by atoms with Crippen molar-refractivity contribution < 1.29 is 13.2 Å². The number of hydrogen-bond donors (Lipinski definition) is 1. The number of nitrogens with zero attached hydrogens (tertiary/aromatic N) is 1. The van der Waals surface area contributed by atoms with E-state index < -0.39 is 10.0 Å². The van der Waals surface area contributed by atoms with Crippen LogP contribution in [0, 0.1) is 0 Å². The maximum Gasteiger partial charge on any atom is 0.255 e. The Labute approximate surface area is 156 Å². The van der Waals surface area contributed by atoms with Crippen LogP contribution < -0.4 is 9.62 Å². The first-order valence-electron chi connectivity index (χ1n) is 7.63. The normalized spacial score (nSPS) is 14.1. The average molecular weight is 399 g/mol. The van der Waals surface area contributed by atoms with Crippen LogP contribution in [-0.4, -0.2) is 27.1 Å². The molecule has 3 rings (SSSR count). The van der Waals surface area contributed by atoms with Crippen molar-refractivity contribution in [2.45, 2.75) is 12.8 Å². The molecule has 2 aromatic rings. The topological polar surface area (TPSA) is 66.5 Å². The summed E-state index contributed by atoms with van der Waals surface area (Å²) in [7, 11) is -3.33. The van der Waals surface area contributed by atoms with Crippen LogP contribution in [0.25, 0.3) is 0 Å². The van der Waals surface area contributed by atoms with E-state index in [9.17, 15) is 13.2 Å². The second-order valence-corrected chi connectivity index (χ2v) is 8.55. The van der Waals surface area contributed by atoms with Crippen LogP contribution in [0.1, 0.15) is 22.3 Å². The standard InChI is InChI=1S/C17H16Cl2N2O3S/c1-25(23,24)21-9-3-4-11-10-12(7-8-15(11)21)17(22)20-16-13(18)5-2-6-14(16)19/h2,5-8,10H,3-4,9H2,1H3,(H,20,22). The molecular formula is C17H16Cl2N2O3S. The summed E-state index contributed by atoms with van der Waals surface area (Å²) in [6, 6.07) is 9.95. The predicted molar refractivity (Wildman–Crippen MR) is 101 cm³/mol. The SMILES string of the molecule is CS(=O)(=O)N1CCCc2cc(C(=O)Nc3c(Cl)cccc3Cl)ccc21. The van der Waals surface area contributed by atoms with E-state index in [0.717, 1.165) is 12.0 Å². The van der Waals surface area contributed by atoms with E-state index in [1.807, 2.05) is 0 Å². The van der Waals surface area contributed by atoms with Crippen LogP contribution in [0.5, 0.6) is 0 Å². The Hall–Kier alpha value is -1.76. The number of fused-ring (bicyclic) bond motifs is 1. The van der Waals surface area contributed by atoms with Gasteiger partial charge in [0, 0.05) is 12.1 Å². The number of nitrogens with one attached hydrogen (secondary N) is 1. The predicted octanol–water partition coefficient (Wildman–Crippen LogP) is 3.96. The van der Waals surface area contributed by atoms with Gasteiger partial charge in [-0.25, -0.2) is 8.42 Å². The second kappa shape index (κ2) is 6.86. The third kappa shape index (κ3) is 3.76. The minimum absolute atomic E-state index is 0.349. The molecule has 0 spiro atoms. The van der Waals surface area contributed by atoms with Gasteiger partial charge in [-0.15, -0.1) is 0 Å². The van der Waals surface area contributed by atoms with E-state index >= 15 is 0 Å². The van der Waals surface area contributed by atoms with Gasteiger partial charge in [-0.05, 0) is 48.7 Å². The number of halogens is 2. The van der Waals surface area contributed by atoms with Crippen LogP contribution in [0.15, 0.2) is 36.4 Å². The molecule has 1 N–H and O–H groups in total. The van der Waals surface area contributed by atoms with Crippen LogP contribution in [-0.2, 0) is 16.4 Å². The molecule has 0 aliphatic carbocycles. The van der Waals surface area contributed by atoms with Crippen LogP contribution >= 0.6 is 23.2 Å². The fraction of sp³-hybridized carbons (Fsp3) is 0.235. The van der Waals surface area contributed by atoms with Gasteiger partial charge in [0.25, 0.3) is 5.91 Å². The molecule has 1 amide bonds. The number of sulfonamides is 1. The maximum atomic E-state index is 12.5. The smallest absolute Gasteiger partial charge is 0.255 e. The maximum absolute atomic E-state index is 12.5. The molecule has 5 nitrogen and oxygen atoms in total. The number of para-hydroxylation sites is 1. The molecule has 8 heteroatoms. The van der Waals surface area contributed by atoms with Gasteiger partial charge in [-0.1, -0.05) is 29.3 Å². The third-order valence-corrected chi connectivity index (χ3v) is 5.83. The van der Waals surface area contributed by atoms with Crippen molar-refractivity contribution in [2.24, 2.45) is 0 Å². The first-order chi connectivity index (χ1) is 11.8. The van der Waals surface area contributed by atoms with Crippen molar-refractivity contribution in [2.75, 3.05) is 22.4 Å². The van der Waals surface area contributed by atoms with E-state index in [4.69, 9.17) is 23.2 Å².